The first-order valence-electron chi connectivity index (χ1n) is 4.59. The molecule has 1 aromatic carbocycles. The van der Waals surface area contributed by atoms with Gasteiger partial charge >= 0.3 is 0 Å². The Bertz CT molecular complexity index is 515. The van der Waals surface area contributed by atoms with E-state index in [1.54, 1.807) is 0 Å². The average molecular weight is 258 g/mol. The molecule has 1 atom stereocenters. The maximum atomic E-state index is 13.1. The highest BCUT2D eigenvalue weighted by atomic mass is 35.5. The van der Waals surface area contributed by atoms with Gasteiger partial charge in [0.2, 0.25) is 0 Å². The van der Waals surface area contributed by atoms with Crippen LogP contribution in [0.15, 0.2) is 18.2 Å². The lowest BCUT2D eigenvalue weighted by Gasteiger charge is -2.11. The van der Waals surface area contributed by atoms with Gasteiger partial charge in [0.15, 0.2) is 0 Å². The summed E-state index contributed by atoms with van der Waals surface area (Å²) in [5.74, 6) is -0.357. The number of nitrogens with two attached hydrogens (primary N) is 1. The van der Waals surface area contributed by atoms with Crippen molar-refractivity contribution in [1.82, 2.24) is 9.59 Å². The third kappa shape index (κ3) is 2.07. The molecule has 2 rings (SSSR count). The summed E-state index contributed by atoms with van der Waals surface area (Å²) in [6, 6.07) is 3.65. The van der Waals surface area contributed by atoms with E-state index in [0.29, 0.717) is 10.6 Å². The fourth-order valence-corrected chi connectivity index (χ4v) is 2.32. The molecule has 0 saturated carbocycles. The molecule has 0 aliphatic carbocycles. The van der Waals surface area contributed by atoms with Gasteiger partial charge in [0, 0.05) is 5.02 Å². The molecule has 3 nitrogen and oxygen atoms in total. The van der Waals surface area contributed by atoms with Gasteiger partial charge in [-0.15, -0.1) is 5.10 Å². The van der Waals surface area contributed by atoms with Crippen LogP contribution in [0.5, 0.6) is 0 Å². The first-order valence-corrected chi connectivity index (χ1v) is 5.74. The summed E-state index contributed by atoms with van der Waals surface area (Å²) in [7, 11) is 0. The summed E-state index contributed by atoms with van der Waals surface area (Å²) >= 11 is 7.18. The largest absolute Gasteiger partial charge is 0.319 e. The molecule has 1 aromatic heterocycles. The average Bonchev–Trinajstić information content (AvgIpc) is 2.67. The summed E-state index contributed by atoms with van der Waals surface area (Å²) in [6.45, 7) is 1.81. The van der Waals surface area contributed by atoms with Gasteiger partial charge in [-0.25, -0.2) is 4.39 Å². The Kier molecular flexibility index (Phi) is 3.18. The third-order valence-electron chi connectivity index (χ3n) is 2.26. The van der Waals surface area contributed by atoms with Crippen molar-refractivity contribution in [2.45, 2.75) is 13.0 Å². The minimum atomic E-state index is -0.483. The predicted octanol–water partition coefficient (Wildman–Crippen LogP) is 2.69. The highest BCUT2D eigenvalue weighted by molar-refractivity contribution is 7.05. The number of hydrogen-bond acceptors (Lipinski definition) is 4. The van der Waals surface area contributed by atoms with E-state index in [1.807, 2.05) is 6.92 Å². The number of halogens is 2. The number of hydrogen-bond donors (Lipinski definition) is 1. The molecule has 0 saturated heterocycles. The molecule has 0 spiro atoms. The normalized spacial score (nSPS) is 12.8. The van der Waals surface area contributed by atoms with Crippen molar-refractivity contribution in [3.8, 4) is 0 Å². The van der Waals surface area contributed by atoms with Crippen LogP contribution >= 0.6 is 23.1 Å². The first kappa shape index (κ1) is 11.4. The van der Waals surface area contributed by atoms with Gasteiger partial charge < -0.3 is 5.73 Å². The molecular formula is C10H9ClFN3S. The lowest BCUT2D eigenvalue weighted by molar-refractivity contribution is 0.624. The van der Waals surface area contributed by atoms with E-state index in [0.717, 1.165) is 10.6 Å². The van der Waals surface area contributed by atoms with E-state index in [9.17, 15) is 4.39 Å². The van der Waals surface area contributed by atoms with Gasteiger partial charge in [0.25, 0.3) is 0 Å². The maximum Gasteiger partial charge on any atom is 0.123 e. The fourth-order valence-electron chi connectivity index (χ4n) is 1.42. The molecular weight excluding hydrogens is 249 g/mol. The van der Waals surface area contributed by atoms with E-state index >= 15 is 0 Å². The van der Waals surface area contributed by atoms with Gasteiger partial charge in [-0.05, 0) is 42.2 Å². The zero-order chi connectivity index (χ0) is 11.7. The van der Waals surface area contributed by atoms with Crippen molar-refractivity contribution >= 4 is 23.1 Å². The highest BCUT2D eigenvalue weighted by Gasteiger charge is 2.18. The zero-order valence-corrected chi connectivity index (χ0v) is 10.0. The molecule has 2 N–H and O–H groups in total. The molecule has 0 amide bonds. The van der Waals surface area contributed by atoms with Crippen molar-refractivity contribution in [2.75, 3.05) is 0 Å². The summed E-state index contributed by atoms with van der Waals surface area (Å²) in [4.78, 5) is 0.799. The standard InChI is InChI=1S/C10H9ClFN3S/c1-5-10(16-15-14-5)9(13)7-4-6(12)2-3-8(7)11/h2-4,9H,13H2,1H3. The Morgan fingerprint density at radius 2 is 2.25 bits per heavy atom. The van der Waals surface area contributed by atoms with Crippen molar-refractivity contribution in [3.63, 3.8) is 0 Å². The van der Waals surface area contributed by atoms with Crippen molar-refractivity contribution < 1.29 is 4.39 Å². The van der Waals surface area contributed by atoms with Gasteiger partial charge in [-0.3, -0.25) is 0 Å². The van der Waals surface area contributed by atoms with Crippen LogP contribution in [0, 0.1) is 12.7 Å². The molecule has 1 unspecified atom stereocenters. The number of aromatic nitrogens is 2. The second kappa shape index (κ2) is 4.45. The summed E-state index contributed by atoms with van der Waals surface area (Å²) in [6.07, 6.45) is 0. The number of benzene rings is 1. The van der Waals surface area contributed by atoms with Crippen LogP contribution in [0.2, 0.25) is 5.02 Å². The fraction of sp³-hybridized carbons (Fsp3) is 0.200. The number of aryl methyl sites for hydroxylation is 1. The highest BCUT2D eigenvalue weighted by Crippen LogP contribution is 2.29. The molecule has 6 heteroatoms. The SMILES string of the molecule is Cc1nnsc1C(N)c1cc(F)ccc1Cl. The van der Waals surface area contributed by atoms with Crippen LogP contribution in [0.4, 0.5) is 4.39 Å². The quantitative estimate of drug-likeness (QED) is 0.900. The van der Waals surface area contributed by atoms with Crippen molar-refractivity contribution in [1.29, 1.82) is 0 Å². The number of rotatable bonds is 2. The Hall–Kier alpha value is -1.04. The van der Waals surface area contributed by atoms with E-state index in [2.05, 4.69) is 9.59 Å². The van der Waals surface area contributed by atoms with Crippen LogP contribution in [-0.4, -0.2) is 9.59 Å². The van der Waals surface area contributed by atoms with Crippen molar-refractivity contribution in [2.24, 2.45) is 5.73 Å². The Balaban J connectivity index is 2.45. The minimum Gasteiger partial charge on any atom is -0.319 e. The lowest BCUT2D eigenvalue weighted by atomic mass is 10.1. The molecule has 84 valence electrons. The molecule has 0 bridgehead atoms. The Labute approximate surface area is 101 Å². The second-order valence-corrected chi connectivity index (χ2v) is 4.56. The maximum absolute atomic E-state index is 13.1. The van der Waals surface area contributed by atoms with Crippen LogP contribution in [0.1, 0.15) is 22.2 Å². The van der Waals surface area contributed by atoms with E-state index in [4.69, 9.17) is 17.3 Å². The monoisotopic (exact) mass is 257 g/mol. The Morgan fingerprint density at radius 3 is 2.88 bits per heavy atom. The third-order valence-corrected chi connectivity index (χ3v) is 3.52. The topological polar surface area (TPSA) is 51.8 Å². The van der Waals surface area contributed by atoms with Gasteiger partial charge in [0.05, 0.1) is 16.6 Å². The van der Waals surface area contributed by atoms with E-state index < -0.39 is 6.04 Å². The van der Waals surface area contributed by atoms with Crippen molar-refractivity contribution in [3.05, 3.63) is 45.2 Å². The van der Waals surface area contributed by atoms with E-state index in [1.165, 1.54) is 29.7 Å². The van der Waals surface area contributed by atoms with Gasteiger partial charge in [-0.2, -0.15) is 0 Å². The molecule has 2 aromatic rings. The van der Waals surface area contributed by atoms with Crippen LogP contribution in [-0.2, 0) is 0 Å². The van der Waals surface area contributed by atoms with Crippen LogP contribution < -0.4 is 5.73 Å². The van der Waals surface area contributed by atoms with E-state index in [-0.39, 0.29) is 5.82 Å². The van der Waals surface area contributed by atoms with Gasteiger partial charge in [-0.1, -0.05) is 16.1 Å². The summed E-state index contributed by atoms with van der Waals surface area (Å²) in [5, 5.41) is 4.31. The lowest BCUT2D eigenvalue weighted by Crippen LogP contribution is -2.12. The molecule has 0 radical (unpaired) electrons. The number of nitrogens with zero attached hydrogens (tertiary/aromatic N) is 2. The van der Waals surface area contributed by atoms with Crippen LogP contribution in [0.3, 0.4) is 0 Å². The minimum absolute atomic E-state index is 0.357. The zero-order valence-electron chi connectivity index (χ0n) is 8.45. The first-order chi connectivity index (χ1) is 7.59. The molecule has 0 aliphatic rings. The second-order valence-electron chi connectivity index (χ2n) is 3.37. The Morgan fingerprint density at radius 1 is 1.50 bits per heavy atom. The summed E-state index contributed by atoms with van der Waals surface area (Å²) in [5.41, 5.74) is 7.31. The molecule has 0 aliphatic heterocycles. The van der Waals surface area contributed by atoms with Gasteiger partial charge in [0.1, 0.15) is 5.82 Å². The molecule has 16 heavy (non-hydrogen) atoms. The van der Waals surface area contributed by atoms with Crippen LogP contribution in [0.25, 0.3) is 0 Å². The molecule has 0 fully saturated rings. The molecule has 1 heterocycles. The predicted molar refractivity (Wildman–Crippen MR) is 62.1 cm³/mol. The summed E-state index contributed by atoms with van der Waals surface area (Å²) < 4.78 is 16.9. The smallest absolute Gasteiger partial charge is 0.123 e.